The van der Waals surface area contributed by atoms with Gasteiger partial charge in [0.05, 0.1) is 0 Å². The van der Waals surface area contributed by atoms with Gasteiger partial charge in [-0.05, 0) is 35.9 Å². The third-order valence-electron chi connectivity index (χ3n) is 2.66. The second-order valence-electron chi connectivity index (χ2n) is 4.03. The highest BCUT2D eigenvalue weighted by Crippen LogP contribution is 2.27. The van der Waals surface area contributed by atoms with Crippen LogP contribution in [0.25, 0.3) is 0 Å². The van der Waals surface area contributed by atoms with Crippen LogP contribution in [-0.4, -0.2) is 11.0 Å². The number of hydrogen-bond donors (Lipinski definition) is 2. The van der Waals surface area contributed by atoms with Crippen molar-refractivity contribution >= 4 is 29.2 Å². The van der Waals surface area contributed by atoms with Crippen LogP contribution in [0.3, 0.4) is 0 Å². The molecule has 0 saturated carbocycles. The van der Waals surface area contributed by atoms with Crippen molar-refractivity contribution in [3.63, 3.8) is 0 Å². The normalized spacial score (nSPS) is 11.6. The zero-order valence-corrected chi connectivity index (χ0v) is 12.0. The van der Waals surface area contributed by atoms with Crippen molar-refractivity contribution in [3.8, 4) is 0 Å². The first-order valence-electron chi connectivity index (χ1n) is 5.75. The fourth-order valence-electron chi connectivity index (χ4n) is 1.57. The molecule has 0 unspecified atom stereocenters. The Kier molecular flexibility index (Phi) is 4.87. The second-order valence-corrected chi connectivity index (χ2v) is 5.49. The van der Waals surface area contributed by atoms with Gasteiger partial charge in [0.15, 0.2) is 5.84 Å². The smallest absolute Gasteiger partial charge is 0.170 e. The number of oxime groups is 1. The van der Waals surface area contributed by atoms with Crippen LogP contribution in [0.2, 0.25) is 5.02 Å². The Bertz CT molecular complexity index is 632. The van der Waals surface area contributed by atoms with Crippen molar-refractivity contribution in [1.29, 1.82) is 0 Å². The summed E-state index contributed by atoms with van der Waals surface area (Å²) < 4.78 is 12.8. The van der Waals surface area contributed by atoms with Crippen molar-refractivity contribution in [3.05, 3.63) is 64.4 Å². The van der Waals surface area contributed by atoms with Crippen LogP contribution in [0.4, 0.5) is 4.39 Å². The molecular weight excluding hydrogens is 299 g/mol. The lowest BCUT2D eigenvalue weighted by Gasteiger charge is -2.06. The lowest BCUT2D eigenvalue weighted by Crippen LogP contribution is -2.12. The summed E-state index contributed by atoms with van der Waals surface area (Å²) in [7, 11) is 0. The maximum atomic E-state index is 12.8. The van der Waals surface area contributed by atoms with E-state index in [1.54, 1.807) is 36.0 Å². The first-order chi connectivity index (χ1) is 9.60. The summed E-state index contributed by atoms with van der Waals surface area (Å²) in [6.07, 6.45) is 0. The molecule has 0 saturated heterocycles. The van der Waals surface area contributed by atoms with E-state index in [1.165, 1.54) is 12.1 Å². The Morgan fingerprint density at radius 2 is 1.95 bits per heavy atom. The number of rotatable bonds is 4. The molecule has 0 atom stereocenters. The number of benzene rings is 2. The maximum Gasteiger partial charge on any atom is 0.170 e. The molecule has 0 aliphatic carbocycles. The van der Waals surface area contributed by atoms with Crippen molar-refractivity contribution in [2.24, 2.45) is 10.9 Å². The Balaban J connectivity index is 2.08. The molecule has 2 aromatic rings. The number of hydrogen-bond acceptors (Lipinski definition) is 3. The van der Waals surface area contributed by atoms with E-state index < -0.39 is 0 Å². The first-order valence-corrected chi connectivity index (χ1v) is 7.11. The number of nitrogens with two attached hydrogens (primary N) is 1. The fraction of sp³-hybridized carbons (Fsp3) is 0.0714. The number of halogens is 2. The van der Waals surface area contributed by atoms with Crippen LogP contribution in [-0.2, 0) is 5.75 Å². The van der Waals surface area contributed by atoms with Crippen molar-refractivity contribution in [2.45, 2.75) is 10.6 Å². The molecular formula is C14H12ClFN2OS. The van der Waals surface area contributed by atoms with Gasteiger partial charge in [0.1, 0.15) is 5.82 Å². The van der Waals surface area contributed by atoms with Crippen LogP contribution in [0.5, 0.6) is 0 Å². The first kappa shape index (κ1) is 14.7. The van der Waals surface area contributed by atoms with Gasteiger partial charge in [-0.15, -0.1) is 11.8 Å². The summed E-state index contributed by atoms with van der Waals surface area (Å²) in [4.78, 5) is 0.961. The summed E-state index contributed by atoms with van der Waals surface area (Å²) in [5.74, 6) is 0.418. The van der Waals surface area contributed by atoms with Crippen molar-refractivity contribution in [2.75, 3.05) is 0 Å². The van der Waals surface area contributed by atoms with E-state index in [0.29, 0.717) is 16.3 Å². The van der Waals surface area contributed by atoms with Gasteiger partial charge in [0.2, 0.25) is 0 Å². The van der Waals surface area contributed by atoms with E-state index in [4.69, 9.17) is 22.5 Å². The molecule has 0 fully saturated rings. The highest BCUT2D eigenvalue weighted by Gasteiger charge is 2.06. The van der Waals surface area contributed by atoms with Gasteiger partial charge in [-0.1, -0.05) is 28.9 Å². The minimum atomic E-state index is -0.254. The molecule has 20 heavy (non-hydrogen) atoms. The number of amidine groups is 1. The SMILES string of the molecule is N/C(=N/O)c1ccc(CSc2ccc(F)cc2)c(Cl)c1. The largest absolute Gasteiger partial charge is 0.409 e. The molecule has 2 aromatic carbocycles. The molecule has 0 amide bonds. The Labute approximate surface area is 125 Å². The molecule has 0 spiro atoms. The molecule has 0 bridgehead atoms. The Morgan fingerprint density at radius 1 is 1.25 bits per heavy atom. The van der Waals surface area contributed by atoms with Crippen molar-refractivity contribution in [1.82, 2.24) is 0 Å². The van der Waals surface area contributed by atoms with E-state index in [-0.39, 0.29) is 11.7 Å². The summed E-state index contributed by atoms with van der Waals surface area (Å²) >= 11 is 7.71. The number of nitrogens with zero attached hydrogens (tertiary/aromatic N) is 1. The molecule has 6 heteroatoms. The van der Waals surface area contributed by atoms with Gasteiger partial charge < -0.3 is 10.9 Å². The van der Waals surface area contributed by atoms with Gasteiger partial charge in [-0.2, -0.15) is 0 Å². The van der Waals surface area contributed by atoms with Gasteiger partial charge in [-0.25, -0.2) is 4.39 Å². The highest BCUT2D eigenvalue weighted by molar-refractivity contribution is 7.98. The van der Waals surface area contributed by atoms with Gasteiger partial charge in [0.25, 0.3) is 0 Å². The second kappa shape index (κ2) is 6.63. The van der Waals surface area contributed by atoms with Crippen molar-refractivity contribution < 1.29 is 9.60 Å². The molecule has 3 N–H and O–H groups in total. The zero-order valence-electron chi connectivity index (χ0n) is 10.4. The monoisotopic (exact) mass is 310 g/mol. The molecule has 0 aromatic heterocycles. The molecule has 2 rings (SSSR count). The summed E-state index contributed by atoms with van der Waals surface area (Å²) in [6, 6.07) is 11.5. The van der Waals surface area contributed by atoms with E-state index in [1.807, 2.05) is 6.07 Å². The zero-order chi connectivity index (χ0) is 14.5. The lowest BCUT2D eigenvalue weighted by molar-refractivity contribution is 0.318. The third kappa shape index (κ3) is 3.65. The predicted octanol–water partition coefficient (Wildman–Crippen LogP) is 3.87. The molecule has 0 aliphatic rings. The van der Waals surface area contributed by atoms with E-state index in [0.717, 1.165) is 10.5 Å². The standard InChI is InChI=1S/C14H12ClFN2OS/c15-13-7-9(14(17)18-19)1-2-10(13)8-20-12-5-3-11(16)4-6-12/h1-7,19H,8H2,(H2,17,18). The average molecular weight is 311 g/mol. The van der Waals surface area contributed by atoms with Crippen LogP contribution in [0, 0.1) is 5.82 Å². The third-order valence-corrected chi connectivity index (χ3v) is 4.08. The van der Waals surface area contributed by atoms with Gasteiger partial charge in [-0.3, -0.25) is 0 Å². The summed E-state index contributed by atoms with van der Waals surface area (Å²) in [6.45, 7) is 0. The summed E-state index contributed by atoms with van der Waals surface area (Å²) in [5.41, 5.74) is 6.98. The maximum absolute atomic E-state index is 12.8. The van der Waals surface area contributed by atoms with E-state index in [9.17, 15) is 4.39 Å². The van der Waals surface area contributed by atoms with E-state index >= 15 is 0 Å². The number of thioether (sulfide) groups is 1. The van der Waals surface area contributed by atoms with Crippen LogP contribution < -0.4 is 5.73 Å². The molecule has 0 radical (unpaired) electrons. The van der Waals surface area contributed by atoms with Crippen LogP contribution in [0.15, 0.2) is 52.5 Å². The van der Waals surface area contributed by atoms with Crippen LogP contribution >= 0.6 is 23.4 Å². The minimum Gasteiger partial charge on any atom is -0.409 e. The predicted molar refractivity (Wildman–Crippen MR) is 79.9 cm³/mol. The highest BCUT2D eigenvalue weighted by atomic mass is 35.5. The fourth-order valence-corrected chi connectivity index (χ4v) is 2.80. The van der Waals surface area contributed by atoms with Gasteiger partial charge in [0, 0.05) is 21.2 Å². The van der Waals surface area contributed by atoms with Gasteiger partial charge >= 0.3 is 0 Å². The molecule has 3 nitrogen and oxygen atoms in total. The molecule has 104 valence electrons. The lowest BCUT2D eigenvalue weighted by atomic mass is 10.1. The van der Waals surface area contributed by atoms with Crippen LogP contribution in [0.1, 0.15) is 11.1 Å². The average Bonchev–Trinajstić information content (AvgIpc) is 2.46. The Morgan fingerprint density at radius 3 is 2.55 bits per heavy atom. The summed E-state index contributed by atoms with van der Waals surface area (Å²) in [5, 5.41) is 12.1. The quantitative estimate of drug-likeness (QED) is 0.296. The Hall–Kier alpha value is -1.72. The van der Waals surface area contributed by atoms with E-state index in [2.05, 4.69) is 5.16 Å². The molecule has 0 heterocycles. The minimum absolute atomic E-state index is 0.0182. The topological polar surface area (TPSA) is 58.6 Å². The molecule has 0 aliphatic heterocycles.